The minimum absolute atomic E-state index is 0.154. The van der Waals surface area contributed by atoms with Gasteiger partial charge in [0.05, 0.1) is 0 Å². The first-order valence-electron chi connectivity index (χ1n) is 4.93. The first-order valence-corrected chi connectivity index (χ1v) is 4.93. The number of rotatable bonds is 2. The molecule has 1 aliphatic rings. The highest BCUT2D eigenvalue weighted by atomic mass is 16.2. The van der Waals surface area contributed by atoms with Gasteiger partial charge in [-0.25, -0.2) is 0 Å². The standard InChI is InChI=1S/C11H19NO/c1-5-6-12-8-11(3,4)7-9(2)10(12)13/h2,5-8H2,1,3-4H3. The van der Waals surface area contributed by atoms with Crippen molar-refractivity contribution in [2.24, 2.45) is 5.41 Å². The van der Waals surface area contributed by atoms with E-state index in [2.05, 4.69) is 27.4 Å². The molecule has 1 heterocycles. The molecule has 1 rings (SSSR count). The van der Waals surface area contributed by atoms with Crippen LogP contribution in [0.2, 0.25) is 0 Å². The number of likely N-dealkylation sites (tertiary alicyclic amines) is 1. The van der Waals surface area contributed by atoms with Crippen LogP contribution in [0.3, 0.4) is 0 Å². The lowest BCUT2D eigenvalue weighted by Crippen LogP contribution is -2.45. The minimum atomic E-state index is 0.154. The Bertz CT molecular complexity index is 230. The van der Waals surface area contributed by atoms with Crippen molar-refractivity contribution in [2.45, 2.75) is 33.6 Å². The highest BCUT2D eigenvalue weighted by molar-refractivity contribution is 5.93. The van der Waals surface area contributed by atoms with E-state index in [1.807, 2.05) is 4.90 Å². The molecule has 1 amide bonds. The fourth-order valence-electron chi connectivity index (χ4n) is 1.97. The zero-order valence-corrected chi connectivity index (χ0v) is 8.89. The second kappa shape index (κ2) is 3.52. The van der Waals surface area contributed by atoms with Crippen molar-refractivity contribution in [2.75, 3.05) is 13.1 Å². The molecule has 0 spiro atoms. The predicted molar refractivity (Wildman–Crippen MR) is 54.4 cm³/mol. The van der Waals surface area contributed by atoms with Gasteiger partial charge in [-0.05, 0) is 18.3 Å². The fourth-order valence-corrected chi connectivity index (χ4v) is 1.97. The van der Waals surface area contributed by atoms with Gasteiger partial charge in [-0.1, -0.05) is 27.4 Å². The lowest BCUT2D eigenvalue weighted by Gasteiger charge is -2.38. The van der Waals surface area contributed by atoms with E-state index in [1.165, 1.54) is 0 Å². The van der Waals surface area contributed by atoms with Crippen molar-refractivity contribution >= 4 is 5.91 Å². The summed E-state index contributed by atoms with van der Waals surface area (Å²) in [6.45, 7) is 12.0. The van der Waals surface area contributed by atoms with Gasteiger partial charge in [0.15, 0.2) is 0 Å². The van der Waals surface area contributed by atoms with E-state index in [0.717, 1.165) is 31.5 Å². The monoisotopic (exact) mass is 181 g/mol. The molecule has 2 heteroatoms. The first kappa shape index (κ1) is 10.3. The predicted octanol–water partition coefficient (Wildman–Crippen LogP) is 2.21. The summed E-state index contributed by atoms with van der Waals surface area (Å²) in [5.41, 5.74) is 0.977. The summed E-state index contributed by atoms with van der Waals surface area (Å²) in [7, 11) is 0. The van der Waals surface area contributed by atoms with Crippen LogP contribution in [-0.4, -0.2) is 23.9 Å². The molecule has 0 atom stereocenters. The van der Waals surface area contributed by atoms with E-state index < -0.39 is 0 Å². The van der Waals surface area contributed by atoms with Crippen molar-refractivity contribution < 1.29 is 4.79 Å². The largest absolute Gasteiger partial charge is 0.338 e. The molecule has 0 N–H and O–H groups in total. The first-order chi connectivity index (χ1) is 5.96. The summed E-state index contributed by atoms with van der Waals surface area (Å²) in [5.74, 6) is 0.154. The summed E-state index contributed by atoms with van der Waals surface area (Å²) in [6.07, 6.45) is 1.86. The van der Waals surface area contributed by atoms with Gasteiger partial charge < -0.3 is 4.90 Å². The zero-order chi connectivity index (χ0) is 10.1. The van der Waals surface area contributed by atoms with Crippen LogP contribution in [0.25, 0.3) is 0 Å². The third-order valence-electron chi connectivity index (χ3n) is 2.39. The van der Waals surface area contributed by atoms with Crippen LogP contribution >= 0.6 is 0 Å². The lowest BCUT2D eigenvalue weighted by molar-refractivity contribution is -0.131. The van der Waals surface area contributed by atoms with Crippen molar-refractivity contribution in [3.05, 3.63) is 12.2 Å². The van der Waals surface area contributed by atoms with Crippen molar-refractivity contribution in [1.82, 2.24) is 4.90 Å². The van der Waals surface area contributed by atoms with Gasteiger partial charge in [0.25, 0.3) is 0 Å². The molecule has 0 aromatic rings. The van der Waals surface area contributed by atoms with Crippen LogP contribution in [0.1, 0.15) is 33.6 Å². The normalized spacial score (nSPS) is 22.2. The smallest absolute Gasteiger partial charge is 0.249 e. The zero-order valence-electron chi connectivity index (χ0n) is 8.89. The van der Waals surface area contributed by atoms with E-state index in [4.69, 9.17) is 0 Å². The van der Waals surface area contributed by atoms with Crippen LogP contribution in [-0.2, 0) is 4.79 Å². The second-order valence-corrected chi connectivity index (χ2v) is 4.67. The topological polar surface area (TPSA) is 20.3 Å². The maximum absolute atomic E-state index is 11.6. The van der Waals surface area contributed by atoms with Crippen LogP contribution in [0.15, 0.2) is 12.2 Å². The summed E-state index contributed by atoms with van der Waals surface area (Å²) in [6, 6.07) is 0. The Morgan fingerprint density at radius 1 is 1.54 bits per heavy atom. The Labute approximate surface area is 80.6 Å². The molecule has 13 heavy (non-hydrogen) atoms. The number of piperidine rings is 1. The Morgan fingerprint density at radius 2 is 2.15 bits per heavy atom. The molecule has 0 aromatic carbocycles. The molecule has 1 saturated heterocycles. The van der Waals surface area contributed by atoms with E-state index in [1.54, 1.807) is 0 Å². The van der Waals surface area contributed by atoms with E-state index in [-0.39, 0.29) is 11.3 Å². The molecule has 0 radical (unpaired) electrons. The molecule has 0 bridgehead atoms. The molecule has 1 fully saturated rings. The summed E-state index contributed by atoms with van der Waals surface area (Å²) < 4.78 is 0. The van der Waals surface area contributed by atoms with Gasteiger partial charge in [-0.15, -0.1) is 0 Å². The van der Waals surface area contributed by atoms with E-state index in [9.17, 15) is 4.79 Å². The number of carbonyl (C=O) groups excluding carboxylic acids is 1. The molecular formula is C11H19NO. The number of nitrogens with zero attached hydrogens (tertiary/aromatic N) is 1. The lowest BCUT2D eigenvalue weighted by atomic mass is 9.81. The van der Waals surface area contributed by atoms with Crippen molar-refractivity contribution in [3.8, 4) is 0 Å². The number of amides is 1. The Morgan fingerprint density at radius 3 is 2.69 bits per heavy atom. The summed E-state index contributed by atoms with van der Waals surface area (Å²) in [4.78, 5) is 13.6. The molecule has 0 aromatic heterocycles. The van der Waals surface area contributed by atoms with Crippen LogP contribution < -0.4 is 0 Å². The Balaban J connectivity index is 2.72. The van der Waals surface area contributed by atoms with Gasteiger partial charge in [0.1, 0.15) is 0 Å². The minimum Gasteiger partial charge on any atom is -0.338 e. The Kier molecular flexibility index (Phi) is 2.79. The fraction of sp³-hybridized carbons (Fsp3) is 0.727. The van der Waals surface area contributed by atoms with Gasteiger partial charge in [-0.2, -0.15) is 0 Å². The van der Waals surface area contributed by atoms with Gasteiger partial charge in [-0.3, -0.25) is 4.79 Å². The molecule has 2 nitrogen and oxygen atoms in total. The van der Waals surface area contributed by atoms with Gasteiger partial charge in [0, 0.05) is 18.7 Å². The van der Waals surface area contributed by atoms with Crippen molar-refractivity contribution in [1.29, 1.82) is 0 Å². The maximum atomic E-state index is 11.6. The number of hydrogen-bond donors (Lipinski definition) is 0. The van der Waals surface area contributed by atoms with E-state index in [0.29, 0.717) is 0 Å². The maximum Gasteiger partial charge on any atom is 0.249 e. The third kappa shape index (κ3) is 2.33. The number of carbonyl (C=O) groups is 1. The molecule has 74 valence electrons. The van der Waals surface area contributed by atoms with Crippen LogP contribution in [0, 0.1) is 5.41 Å². The van der Waals surface area contributed by atoms with Crippen LogP contribution in [0.5, 0.6) is 0 Å². The second-order valence-electron chi connectivity index (χ2n) is 4.67. The quantitative estimate of drug-likeness (QED) is 0.598. The molecule has 0 saturated carbocycles. The molecule has 0 aliphatic carbocycles. The van der Waals surface area contributed by atoms with Gasteiger partial charge in [0.2, 0.25) is 5.91 Å². The average molecular weight is 181 g/mol. The van der Waals surface area contributed by atoms with E-state index >= 15 is 0 Å². The van der Waals surface area contributed by atoms with Crippen molar-refractivity contribution in [3.63, 3.8) is 0 Å². The molecule has 0 unspecified atom stereocenters. The third-order valence-corrected chi connectivity index (χ3v) is 2.39. The summed E-state index contributed by atoms with van der Waals surface area (Å²) >= 11 is 0. The average Bonchev–Trinajstić information content (AvgIpc) is 1.99. The molecule has 1 aliphatic heterocycles. The molecular weight excluding hydrogens is 162 g/mol. The SMILES string of the molecule is C=C1CC(C)(C)CN(CCC)C1=O. The highest BCUT2D eigenvalue weighted by Crippen LogP contribution is 2.31. The van der Waals surface area contributed by atoms with Gasteiger partial charge >= 0.3 is 0 Å². The Hall–Kier alpha value is -0.790. The highest BCUT2D eigenvalue weighted by Gasteiger charge is 2.32. The number of hydrogen-bond acceptors (Lipinski definition) is 1. The summed E-state index contributed by atoms with van der Waals surface area (Å²) in [5, 5.41) is 0. The van der Waals surface area contributed by atoms with Crippen LogP contribution in [0.4, 0.5) is 0 Å².